The van der Waals surface area contributed by atoms with Crippen LogP contribution in [0.25, 0.3) is 0 Å². The second kappa shape index (κ2) is 8.45. The molecule has 6 heteroatoms. The Bertz CT molecular complexity index is 1050. The van der Waals surface area contributed by atoms with Gasteiger partial charge in [-0.2, -0.15) is 0 Å². The van der Waals surface area contributed by atoms with E-state index >= 15 is 0 Å². The molecule has 1 aliphatic rings. The van der Waals surface area contributed by atoms with Crippen LogP contribution in [0.15, 0.2) is 66.9 Å². The lowest BCUT2D eigenvalue weighted by molar-refractivity contribution is -0.140. The number of nitrogens with zero attached hydrogens (tertiary/aromatic N) is 2. The van der Waals surface area contributed by atoms with Crippen LogP contribution in [-0.2, 0) is 22.6 Å². The Kier molecular flexibility index (Phi) is 5.57. The lowest BCUT2D eigenvalue weighted by Crippen LogP contribution is -2.26. The number of methoxy groups -OCH3 is 1. The maximum atomic E-state index is 13.0. The van der Waals surface area contributed by atoms with Gasteiger partial charge >= 0.3 is 0 Å². The van der Waals surface area contributed by atoms with Gasteiger partial charge in [0.1, 0.15) is 11.6 Å². The van der Waals surface area contributed by atoms with Gasteiger partial charge in [-0.25, -0.2) is 4.39 Å². The number of rotatable bonds is 6. The van der Waals surface area contributed by atoms with E-state index in [4.69, 9.17) is 4.74 Å². The van der Waals surface area contributed by atoms with Crippen molar-refractivity contribution in [3.05, 3.63) is 95.1 Å². The number of ether oxygens (including phenoxy) is 1. The lowest BCUT2D eigenvalue weighted by Gasteiger charge is -2.16. The highest BCUT2D eigenvalue weighted by Gasteiger charge is 2.40. The van der Waals surface area contributed by atoms with Gasteiger partial charge < -0.3 is 9.64 Å². The first kappa shape index (κ1) is 19.8. The Morgan fingerprint density at radius 1 is 0.967 bits per heavy atom. The molecule has 0 radical (unpaired) electrons. The standard InChI is InChI=1S/C24H21FN2O3/c1-30-20-9-4-17(5-10-20)14-27-15-21(23(28)24(27)29)22-11-6-18(13-26-22)12-16-2-7-19(25)8-3-16/h2-11,13,21H,12,14-15H2,1H3. The summed E-state index contributed by atoms with van der Waals surface area (Å²) >= 11 is 0. The fraction of sp³-hybridized carbons (Fsp3) is 0.208. The molecule has 2 aromatic carbocycles. The molecule has 1 aromatic heterocycles. The second-order valence-corrected chi connectivity index (χ2v) is 7.35. The Morgan fingerprint density at radius 2 is 1.63 bits per heavy atom. The molecular formula is C24H21FN2O3. The van der Waals surface area contributed by atoms with Gasteiger partial charge in [-0.05, 0) is 53.4 Å². The molecule has 5 nitrogen and oxygen atoms in total. The van der Waals surface area contributed by atoms with E-state index in [0.717, 1.165) is 22.4 Å². The average Bonchev–Trinajstić information content (AvgIpc) is 3.05. The minimum absolute atomic E-state index is 0.268. The average molecular weight is 404 g/mol. The highest BCUT2D eigenvalue weighted by molar-refractivity contribution is 6.40. The zero-order valence-corrected chi connectivity index (χ0v) is 16.5. The van der Waals surface area contributed by atoms with E-state index in [9.17, 15) is 14.0 Å². The molecule has 1 fully saturated rings. The van der Waals surface area contributed by atoms with Crippen molar-refractivity contribution in [2.24, 2.45) is 0 Å². The molecule has 3 aromatic rings. The summed E-state index contributed by atoms with van der Waals surface area (Å²) in [5, 5.41) is 0. The van der Waals surface area contributed by atoms with Gasteiger partial charge in [0.15, 0.2) is 0 Å². The van der Waals surface area contributed by atoms with Crippen molar-refractivity contribution in [3.8, 4) is 5.75 Å². The van der Waals surface area contributed by atoms with E-state index in [1.54, 1.807) is 36.4 Å². The molecule has 1 unspecified atom stereocenters. The van der Waals surface area contributed by atoms with E-state index in [1.165, 1.54) is 12.1 Å². The number of aromatic nitrogens is 1. The maximum absolute atomic E-state index is 13.0. The van der Waals surface area contributed by atoms with Crippen LogP contribution in [-0.4, -0.2) is 35.2 Å². The molecule has 1 aliphatic heterocycles. The number of hydrogen-bond donors (Lipinski definition) is 0. The van der Waals surface area contributed by atoms with Crippen LogP contribution >= 0.6 is 0 Å². The van der Waals surface area contributed by atoms with Crippen LogP contribution in [0.2, 0.25) is 0 Å². The first-order valence-electron chi connectivity index (χ1n) is 9.69. The fourth-order valence-electron chi connectivity index (χ4n) is 3.59. The predicted octanol–water partition coefficient (Wildman–Crippen LogP) is 3.52. The quantitative estimate of drug-likeness (QED) is 0.590. The Balaban J connectivity index is 1.43. The fourth-order valence-corrected chi connectivity index (χ4v) is 3.59. The van der Waals surface area contributed by atoms with Gasteiger partial charge in [-0.1, -0.05) is 30.3 Å². The van der Waals surface area contributed by atoms with Crippen molar-refractivity contribution in [2.75, 3.05) is 13.7 Å². The van der Waals surface area contributed by atoms with Gasteiger partial charge in [0.25, 0.3) is 5.91 Å². The van der Waals surface area contributed by atoms with Crippen LogP contribution in [0.3, 0.4) is 0 Å². The molecule has 1 atom stereocenters. The number of amides is 1. The predicted molar refractivity (Wildman–Crippen MR) is 110 cm³/mol. The van der Waals surface area contributed by atoms with Crippen molar-refractivity contribution in [1.29, 1.82) is 0 Å². The number of hydrogen-bond acceptors (Lipinski definition) is 4. The van der Waals surface area contributed by atoms with Gasteiger partial charge in [-0.3, -0.25) is 14.6 Å². The van der Waals surface area contributed by atoms with E-state index in [2.05, 4.69) is 4.98 Å². The van der Waals surface area contributed by atoms with Crippen molar-refractivity contribution in [3.63, 3.8) is 0 Å². The first-order valence-corrected chi connectivity index (χ1v) is 9.69. The zero-order valence-electron chi connectivity index (χ0n) is 16.5. The monoisotopic (exact) mass is 404 g/mol. The summed E-state index contributed by atoms with van der Waals surface area (Å²) in [6, 6.07) is 17.4. The van der Waals surface area contributed by atoms with E-state index in [0.29, 0.717) is 25.2 Å². The van der Waals surface area contributed by atoms with Crippen LogP contribution in [0.5, 0.6) is 5.75 Å². The SMILES string of the molecule is COc1ccc(CN2CC(c3ccc(Cc4ccc(F)cc4)cn3)C(=O)C2=O)cc1. The van der Waals surface area contributed by atoms with Crippen molar-refractivity contribution >= 4 is 11.7 Å². The minimum Gasteiger partial charge on any atom is -0.497 e. The summed E-state index contributed by atoms with van der Waals surface area (Å²) in [7, 11) is 1.60. The number of benzene rings is 2. The summed E-state index contributed by atoms with van der Waals surface area (Å²) in [5.74, 6) is -0.993. The molecule has 0 aliphatic carbocycles. The van der Waals surface area contributed by atoms with E-state index in [-0.39, 0.29) is 5.82 Å². The van der Waals surface area contributed by atoms with Gasteiger partial charge in [-0.15, -0.1) is 0 Å². The zero-order chi connectivity index (χ0) is 21.1. The molecule has 0 N–H and O–H groups in total. The number of carbonyl (C=O) groups is 2. The molecule has 30 heavy (non-hydrogen) atoms. The molecule has 0 bridgehead atoms. The molecule has 2 heterocycles. The molecule has 4 rings (SSSR count). The number of pyridine rings is 1. The van der Waals surface area contributed by atoms with Crippen LogP contribution in [0.4, 0.5) is 4.39 Å². The topological polar surface area (TPSA) is 59.5 Å². The number of likely N-dealkylation sites (tertiary alicyclic amines) is 1. The van der Waals surface area contributed by atoms with E-state index in [1.807, 2.05) is 30.3 Å². The number of Topliss-reactive ketones (excluding diaryl/α,β-unsaturated/α-hetero) is 1. The van der Waals surface area contributed by atoms with Crippen molar-refractivity contribution in [1.82, 2.24) is 9.88 Å². The summed E-state index contributed by atoms with van der Waals surface area (Å²) in [6.45, 7) is 0.682. The maximum Gasteiger partial charge on any atom is 0.291 e. The van der Waals surface area contributed by atoms with Crippen LogP contribution < -0.4 is 4.74 Å². The summed E-state index contributed by atoms with van der Waals surface area (Å²) < 4.78 is 18.2. The normalized spacial score (nSPS) is 16.2. The summed E-state index contributed by atoms with van der Waals surface area (Å²) in [4.78, 5) is 31.0. The van der Waals surface area contributed by atoms with Crippen LogP contribution in [0.1, 0.15) is 28.3 Å². The second-order valence-electron chi connectivity index (χ2n) is 7.35. The number of halogens is 1. The highest BCUT2D eigenvalue weighted by Crippen LogP contribution is 2.26. The molecule has 1 amide bonds. The Morgan fingerprint density at radius 3 is 2.27 bits per heavy atom. The number of ketones is 1. The largest absolute Gasteiger partial charge is 0.497 e. The lowest BCUT2D eigenvalue weighted by atomic mass is 10.0. The third-order valence-electron chi connectivity index (χ3n) is 5.28. The smallest absolute Gasteiger partial charge is 0.291 e. The number of carbonyl (C=O) groups excluding carboxylic acids is 2. The minimum atomic E-state index is -0.560. The molecule has 1 saturated heterocycles. The summed E-state index contributed by atoms with van der Waals surface area (Å²) in [6.07, 6.45) is 2.33. The molecular weight excluding hydrogens is 383 g/mol. The van der Waals surface area contributed by atoms with Gasteiger partial charge in [0.2, 0.25) is 5.78 Å². The van der Waals surface area contributed by atoms with Gasteiger partial charge in [0.05, 0.1) is 18.7 Å². The third-order valence-corrected chi connectivity index (χ3v) is 5.28. The van der Waals surface area contributed by atoms with Crippen LogP contribution in [0, 0.1) is 5.82 Å². The molecule has 0 saturated carbocycles. The van der Waals surface area contributed by atoms with Gasteiger partial charge in [0, 0.05) is 19.3 Å². The molecule has 0 spiro atoms. The third kappa shape index (κ3) is 4.22. The van der Waals surface area contributed by atoms with Crippen molar-refractivity contribution < 1.29 is 18.7 Å². The molecule has 152 valence electrons. The summed E-state index contributed by atoms with van der Waals surface area (Å²) in [5.41, 5.74) is 3.45. The Hall–Kier alpha value is -3.54. The Labute approximate surface area is 174 Å². The van der Waals surface area contributed by atoms with Crippen molar-refractivity contribution in [2.45, 2.75) is 18.9 Å². The highest BCUT2D eigenvalue weighted by atomic mass is 19.1. The van der Waals surface area contributed by atoms with E-state index < -0.39 is 17.6 Å². The first-order chi connectivity index (χ1) is 14.5.